The van der Waals surface area contributed by atoms with Gasteiger partial charge in [0.25, 0.3) is 0 Å². The van der Waals surface area contributed by atoms with E-state index in [0.717, 1.165) is 29.1 Å². The van der Waals surface area contributed by atoms with E-state index < -0.39 is 0 Å². The Morgan fingerprint density at radius 1 is 0.972 bits per heavy atom. The van der Waals surface area contributed by atoms with Gasteiger partial charge in [0.15, 0.2) is 5.43 Å². The van der Waals surface area contributed by atoms with Crippen LogP contribution in [0, 0.1) is 0 Å². The predicted octanol–water partition coefficient (Wildman–Crippen LogP) is 4.93. The van der Waals surface area contributed by atoms with Crippen molar-refractivity contribution >= 4 is 11.0 Å². The van der Waals surface area contributed by atoms with Gasteiger partial charge < -0.3 is 14.5 Å². The summed E-state index contributed by atoms with van der Waals surface area (Å²) in [5.41, 5.74) is 4.38. The standard InChI is InChI=1S/C29H26N4O3/c34-27-15-29(22-4-2-1-3-5-22)36-28-13-8-21(14-26(27)28)18-33-24(17-31-32-33)19-35-25-11-6-20(7-12-25)16-30-23-9-10-23/h1-8,11-15,17,23,30H,9-10,16,18-19H2. The number of benzene rings is 3. The van der Waals surface area contributed by atoms with Crippen LogP contribution in [-0.2, 0) is 19.7 Å². The third-order valence-electron chi connectivity index (χ3n) is 6.36. The Morgan fingerprint density at radius 3 is 2.58 bits per heavy atom. The molecular weight excluding hydrogens is 452 g/mol. The highest BCUT2D eigenvalue weighted by Crippen LogP contribution is 2.23. The molecule has 2 aromatic heterocycles. The quantitative estimate of drug-likeness (QED) is 0.323. The molecule has 5 aromatic rings. The number of hydrogen-bond donors (Lipinski definition) is 1. The summed E-state index contributed by atoms with van der Waals surface area (Å²) >= 11 is 0. The maximum Gasteiger partial charge on any atom is 0.193 e. The number of rotatable bonds is 9. The summed E-state index contributed by atoms with van der Waals surface area (Å²) in [6.45, 7) is 1.71. The van der Waals surface area contributed by atoms with E-state index in [-0.39, 0.29) is 5.43 Å². The Morgan fingerprint density at radius 2 is 1.78 bits per heavy atom. The van der Waals surface area contributed by atoms with Crippen molar-refractivity contribution < 1.29 is 9.15 Å². The average molecular weight is 479 g/mol. The molecule has 0 saturated heterocycles. The monoisotopic (exact) mass is 478 g/mol. The lowest BCUT2D eigenvalue weighted by Gasteiger charge is -2.10. The van der Waals surface area contributed by atoms with Crippen molar-refractivity contribution in [1.82, 2.24) is 20.3 Å². The summed E-state index contributed by atoms with van der Waals surface area (Å²) in [6, 6.07) is 25.7. The number of ether oxygens (including phenoxy) is 1. The fourth-order valence-electron chi connectivity index (χ4n) is 4.15. The van der Waals surface area contributed by atoms with Crippen LogP contribution in [0.3, 0.4) is 0 Å². The zero-order valence-corrected chi connectivity index (χ0v) is 19.8. The van der Waals surface area contributed by atoms with E-state index in [1.807, 2.05) is 60.7 Å². The molecule has 1 aliphatic rings. The SMILES string of the molecule is O=c1cc(-c2ccccc2)oc2ccc(Cn3nncc3COc3ccc(CNC4CC4)cc3)cc12. The van der Waals surface area contributed by atoms with Crippen LogP contribution in [0.1, 0.15) is 29.7 Å². The second-order valence-corrected chi connectivity index (χ2v) is 9.14. The molecule has 0 unspecified atom stereocenters. The van der Waals surface area contributed by atoms with Gasteiger partial charge in [0, 0.05) is 24.2 Å². The molecule has 180 valence electrons. The van der Waals surface area contributed by atoms with Crippen molar-refractivity contribution in [2.45, 2.75) is 38.6 Å². The summed E-state index contributed by atoms with van der Waals surface area (Å²) in [6.07, 6.45) is 4.27. The molecule has 0 atom stereocenters. The molecule has 0 radical (unpaired) electrons. The van der Waals surface area contributed by atoms with Crippen molar-refractivity contribution in [3.8, 4) is 17.1 Å². The van der Waals surface area contributed by atoms with Crippen LogP contribution in [0.5, 0.6) is 5.75 Å². The van der Waals surface area contributed by atoms with Crippen molar-refractivity contribution in [3.05, 3.63) is 112 Å². The Labute approximate surface area is 208 Å². The smallest absolute Gasteiger partial charge is 0.193 e. The van der Waals surface area contributed by atoms with E-state index in [1.165, 1.54) is 18.4 Å². The second-order valence-electron chi connectivity index (χ2n) is 9.14. The summed E-state index contributed by atoms with van der Waals surface area (Å²) in [7, 11) is 0. The van der Waals surface area contributed by atoms with Crippen LogP contribution < -0.4 is 15.5 Å². The fraction of sp³-hybridized carbons (Fsp3) is 0.207. The van der Waals surface area contributed by atoms with Gasteiger partial charge in [0.05, 0.1) is 23.8 Å². The van der Waals surface area contributed by atoms with Gasteiger partial charge in [-0.1, -0.05) is 53.7 Å². The molecule has 2 heterocycles. The van der Waals surface area contributed by atoms with Gasteiger partial charge in [0.2, 0.25) is 0 Å². The lowest BCUT2D eigenvalue weighted by Crippen LogP contribution is -2.15. The van der Waals surface area contributed by atoms with Crippen molar-refractivity contribution in [3.63, 3.8) is 0 Å². The zero-order chi connectivity index (χ0) is 24.3. The summed E-state index contributed by atoms with van der Waals surface area (Å²) in [5.74, 6) is 1.36. The van der Waals surface area contributed by atoms with E-state index >= 15 is 0 Å². The molecule has 1 fully saturated rings. The molecule has 0 aliphatic heterocycles. The molecule has 0 spiro atoms. The van der Waals surface area contributed by atoms with Gasteiger partial charge in [-0.05, 0) is 48.2 Å². The first-order valence-electron chi connectivity index (χ1n) is 12.2. The lowest BCUT2D eigenvalue weighted by molar-refractivity contribution is 0.293. The molecule has 7 nitrogen and oxygen atoms in total. The number of fused-ring (bicyclic) bond motifs is 1. The van der Waals surface area contributed by atoms with Gasteiger partial charge in [-0.2, -0.15) is 0 Å². The first kappa shape index (κ1) is 22.2. The number of nitrogens with one attached hydrogen (secondary N) is 1. The molecule has 7 heteroatoms. The molecule has 36 heavy (non-hydrogen) atoms. The fourth-order valence-corrected chi connectivity index (χ4v) is 4.15. The Hall–Kier alpha value is -4.23. The molecular formula is C29H26N4O3. The lowest BCUT2D eigenvalue weighted by atomic mass is 10.1. The second kappa shape index (κ2) is 9.79. The van der Waals surface area contributed by atoms with Crippen LogP contribution in [0.4, 0.5) is 0 Å². The topological polar surface area (TPSA) is 82.2 Å². The van der Waals surface area contributed by atoms with E-state index in [2.05, 4.69) is 27.8 Å². The van der Waals surface area contributed by atoms with Gasteiger partial charge in [-0.3, -0.25) is 4.79 Å². The van der Waals surface area contributed by atoms with E-state index in [0.29, 0.717) is 35.9 Å². The largest absolute Gasteiger partial charge is 0.487 e. The maximum atomic E-state index is 12.8. The minimum absolute atomic E-state index is 0.0742. The number of hydrogen-bond acceptors (Lipinski definition) is 6. The number of nitrogens with zero attached hydrogens (tertiary/aromatic N) is 3. The van der Waals surface area contributed by atoms with Gasteiger partial charge in [-0.15, -0.1) is 5.10 Å². The van der Waals surface area contributed by atoms with Crippen LogP contribution in [0.2, 0.25) is 0 Å². The van der Waals surface area contributed by atoms with E-state index in [4.69, 9.17) is 9.15 Å². The van der Waals surface area contributed by atoms with Crippen molar-refractivity contribution in [2.75, 3.05) is 0 Å². The Kier molecular flexibility index (Phi) is 6.05. The molecule has 0 bridgehead atoms. The Balaban J connectivity index is 1.14. The van der Waals surface area contributed by atoms with Crippen LogP contribution >= 0.6 is 0 Å². The normalized spacial score (nSPS) is 13.2. The summed E-state index contributed by atoms with van der Waals surface area (Å²) in [5, 5.41) is 12.3. The number of aromatic nitrogens is 3. The van der Waals surface area contributed by atoms with Gasteiger partial charge >= 0.3 is 0 Å². The average Bonchev–Trinajstić information content (AvgIpc) is 3.65. The van der Waals surface area contributed by atoms with Crippen LogP contribution in [0.25, 0.3) is 22.3 Å². The molecule has 3 aromatic carbocycles. The first-order valence-corrected chi connectivity index (χ1v) is 12.2. The zero-order valence-electron chi connectivity index (χ0n) is 19.8. The Bertz CT molecular complexity index is 1540. The van der Waals surface area contributed by atoms with E-state index in [9.17, 15) is 4.79 Å². The minimum Gasteiger partial charge on any atom is -0.487 e. The molecule has 1 N–H and O–H groups in total. The molecule has 1 aliphatic carbocycles. The predicted molar refractivity (Wildman–Crippen MR) is 138 cm³/mol. The summed E-state index contributed by atoms with van der Waals surface area (Å²) < 4.78 is 13.8. The maximum absolute atomic E-state index is 12.8. The van der Waals surface area contributed by atoms with Crippen LogP contribution in [-0.4, -0.2) is 21.0 Å². The third kappa shape index (κ3) is 5.06. The van der Waals surface area contributed by atoms with Crippen molar-refractivity contribution in [1.29, 1.82) is 0 Å². The first-order chi connectivity index (χ1) is 17.7. The van der Waals surface area contributed by atoms with Gasteiger partial charge in [0.1, 0.15) is 23.7 Å². The third-order valence-corrected chi connectivity index (χ3v) is 6.36. The summed E-state index contributed by atoms with van der Waals surface area (Å²) in [4.78, 5) is 12.8. The molecule has 0 amide bonds. The van der Waals surface area contributed by atoms with Crippen LogP contribution in [0.15, 0.2) is 94.3 Å². The minimum atomic E-state index is -0.0742. The van der Waals surface area contributed by atoms with E-state index in [1.54, 1.807) is 16.9 Å². The van der Waals surface area contributed by atoms with Gasteiger partial charge in [-0.25, -0.2) is 4.68 Å². The molecule has 6 rings (SSSR count). The highest BCUT2D eigenvalue weighted by atomic mass is 16.5. The molecule has 1 saturated carbocycles. The van der Waals surface area contributed by atoms with Crippen molar-refractivity contribution in [2.24, 2.45) is 0 Å². The highest BCUT2D eigenvalue weighted by molar-refractivity contribution is 5.79. The highest BCUT2D eigenvalue weighted by Gasteiger charge is 2.19.